The van der Waals surface area contributed by atoms with Crippen LogP contribution in [0.4, 0.5) is 0 Å². The summed E-state index contributed by atoms with van der Waals surface area (Å²) < 4.78 is 0.347. The molecule has 3 aromatic rings. The Bertz CT molecular complexity index is 1020. The molecule has 0 atom stereocenters. The molecule has 0 aliphatic heterocycles. The van der Waals surface area contributed by atoms with Gasteiger partial charge in [0.05, 0.1) is 20.1 Å². The average Bonchev–Trinajstić information content (AvgIpc) is 2.66. The Morgan fingerprint density at radius 1 is 0.607 bits per heavy atom. The fourth-order valence-electron chi connectivity index (χ4n) is 2.60. The number of hydrogen-bond acceptors (Lipinski definition) is 6. The summed E-state index contributed by atoms with van der Waals surface area (Å²) in [5, 5.41) is 39.4. The number of carbonyl (C=O) groups excluding carboxylic acids is 2. The molecule has 0 fully saturated rings. The summed E-state index contributed by atoms with van der Waals surface area (Å²) in [5.41, 5.74) is 0.178. The molecule has 142 valence electrons. The summed E-state index contributed by atoms with van der Waals surface area (Å²) in [5.74, 6) is -2.09. The fourth-order valence-corrected chi connectivity index (χ4v) is 3.50. The van der Waals surface area contributed by atoms with E-state index in [1.165, 1.54) is 36.4 Å². The van der Waals surface area contributed by atoms with Crippen molar-refractivity contribution in [3.05, 3.63) is 79.7 Å². The van der Waals surface area contributed by atoms with Gasteiger partial charge in [0.25, 0.3) is 0 Å². The molecule has 0 heterocycles. The van der Waals surface area contributed by atoms with Crippen molar-refractivity contribution in [1.29, 1.82) is 0 Å². The molecule has 0 unspecified atom stereocenters. The van der Waals surface area contributed by atoms with Crippen LogP contribution in [0.25, 0.3) is 0 Å². The molecule has 0 saturated heterocycles. The van der Waals surface area contributed by atoms with Crippen LogP contribution in [0.1, 0.15) is 31.8 Å². The summed E-state index contributed by atoms with van der Waals surface area (Å²) in [6.45, 7) is 0. The van der Waals surface area contributed by atoms with Gasteiger partial charge in [-0.3, -0.25) is 9.59 Å². The largest absolute Gasteiger partial charge is 0.508 e. The third-order valence-corrected chi connectivity index (χ3v) is 5.20. The van der Waals surface area contributed by atoms with Gasteiger partial charge in [0, 0.05) is 11.1 Å². The number of halogens is 2. The maximum atomic E-state index is 12.6. The molecule has 28 heavy (non-hydrogen) atoms. The van der Waals surface area contributed by atoms with Crippen LogP contribution >= 0.6 is 31.9 Å². The molecule has 0 saturated carbocycles. The van der Waals surface area contributed by atoms with E-state index in [-0.39, 0.29) is 54.2 Å². The molecule has 0 bridgehead atoms. The normalized spacial score (nSPS) is 10.6. The third-order valence-electron chi connectivity index (χ3n) is 3.99. The van der Waals surface area contributed by atoms with Gasteiger partial charge in [0.1, 0.15) is 23.0 Å². The van der Waals surface area contributed by atoms with E-state index in [0.717, 1.165) is 12.1 Å². The Morgan fingerprint density at radius 2 is 0.929 bits per heavy atom. The highest BCUT2D eigenvalue weighted by Gasteiger charge is 2.20. The second-order valence-electron chi connectivity index (χ2n) is 5.88. The molecule has 6 nitrogen and oxygen atoms in total. The predicted molar refractivity (Wildman–Crippen MR) is 108 cm³/mol. The van der Waals surface area contributed by atoms with Gasteiger partial charge in [-0.2, -0.15) is 0 Å². The van der Waals surface area contributed by atoms with Crippen LogP contribution in [0.2, 0.25) is 0 Å². The van der Waals surface area contributed by atoms with Crippen LogP contribution in [-0.4, -0.2) is 32.0 Å². The summed E-state index contributed by atoms with van der Waals surface area (Å²) >= 11 is 6.12. The lowest BCUT2D eigenvalue weighted by Gasteiger charge is -2.09. The van der Waals surface area contributed by atoms with Crippen molar-refractivity contribution in [2.24, 2.45) is 0 Å². The minimum absolute atomic E-state index is 0.0968. The van der Waals surface area contributed by atoms with Crippen LogP contribution in [0.5, 0.6) is 23.0 Å². The third kappa shape index (κ3) is 3.74. The van der Waals surface area contributed by atoms with Gasteiger partial charge in [-0.1, -0.05) is 24.3 Å². The zero-order chi connectivity index (χ0) is 20.6. The Morgan fingerprint density at radius 3 is 1.25 bits per heavy atom. The summed E-state index contributed by atoms with van der Waals surface area (Å²) in [6, 6.07) is 10.4. The highest BCUT2D eigenvalue weighted by atomic mass is 79.9. The van der Waals surface area contributed by atoms with E-state index < -0.39 is 11.6 Å². The highest BCUT2D eigenvalue weighted by molar-refractivity contribution is 9.10. The van der Waals surface area contributed by atoms with Gasteiger partial charge in [0.15, 0.2) is 11.6 Å². The molecule has 0 amide bonds. The van der Waals surface area contributed by atoms with Crippen LogP contribution < -0.4 is 0 Å². The SMILES string of the molecule is O=C(c1ccc(C(=O)c2cc(O)cc(Br)c2O)cc1)c1cc(O)cc(Br)c1O. The van der Waals surface area contributed by atoms with E-state index in [1.807, 2.05) is 0 Å². The zero-order valence-corrected chi connectivity index (χ0v) is 17.2. The minimum atomic E-state index is -0.545. The molecule has 0 aromatic heterocycles. The predicted octanol–water partition coefficient (Wildman–Crippen LogP) is 4.50. The fraction of sp³-hybridized carbons (Fsp3) is 0. The van der Waals surface area contributed by atoms with Crippen LogP contribution in [0.3, 0.4) is 0 Å². The second-order valence-corrected chi connectivity index (χ2v) is 7.59. The number of benzene rings is 3. The Labute approximate surface area is 176 Å². The number of phenols is 4. The minimum Gasteiger partial charge on any atom is -0.508 e. The first-order valence-corrected chi connectivity index (χ1v) is 9.40. The van der Waals surface area contributed by atoms with Gasteiger partial charge in [-0.25, -0.2) is 0 Å². The molecular formula is C20H12Br2O6. The molecular weight excluding hydrogens is 496 g/mol. The first-order valence-electron chi connectivity index (χ1n) is 7.81. The lowest BCUT2D eigenvalue weighted by atomic mass is 9.97. The van der Waals surface area contributed by atoms with Gasteiger partial charge >= 0.3 is 0 Å². The standard InChI is InChI=1S/C20H12Br2O6/c21-15-7-11(23)5-13(19(15)27)17(25)9-1-2-10(4-3-9)18(26)14-6-12(24)8-16(22)20(14)28/h1-8,23-24,27-28H. The van der Waals surface area contributed by atoms with E-state index in [9.17, 15) is 30.0 Å². The lowest BCUT2D eigenvalue weighted by Crippen LogP contribution is -2.05. The van der Waals surface area contributed by atoms with Crippen molar-refractivity contribution in [2.75, 3.05) is 0 Å². The molecule has 0 radical (unpaired) electrons. The van der Waals surface area contributed by atoms with Crippen molar-refractivity contribution in [3.63, 3.8) is 0 Å². The highest BCUT2D eigenvalue weighted by Crippen LogP contribution is 2.35. The van der Waals surface area contributed by atoms with E-state index in [2.05, 4.69) is 31.9 Å². The molecule has 4 N–H and O–H groups in total. The van der Waals surface area contributed by atoms with Crippen molar-refractivity contribution >= 4 is 43.4 Å². The van der Waals surface area contributed by atoms with E-state index in [0.29, 0.717) is 0 Å². The number of aromatic hydroxyl groups is 4. The van der Waals surface area contributed by atoms with E-state index >= 15 is 0 Å². The van der Waals surface area contributed by atoms with Crippen LogP contribution in [-0.2, 0) is 0 Å². The van der Waals surface area contributed by atoms with Crippen molar-refractivity contribution in [3.8, 4) is 23.0 Å². The molecule has 3 rings (SSSR count). The summed E-state index contributed by atoms with van der Waals surface area (Å²) in [4.78, 5) is 25.2. The van der Waals surface area contributed by atoms with Crippen LogP contribution in [0, 0.1) is 0 Å². The molecule has 3 aromatic carbocycles. The number of carbonyl (C=O) groups is 2. The van der Waals surface area contributed by atoms with Crippen molar-refractivity contribution in [2.45, 2.75) is 0 Å². The Kier molecular flexibility index (Phi) is 5.44. The van der Waals surface area contributed by atoms with Crippen molar-refractivity contribution in [1.82, 2.24) is 0 Å². The number of ketones is 2. The molecule has 0 aliphatic rings. The molecule has 0 aliphatic carbocycles. The average molecular weight is 508 g/mol. The van der Waals surface area contributed by atoms with E-state index in [1.54, 1.807) is 0 Å². The quantitative estimate of drug-likeness (QED) is 0.305. The topological polar surface area (TPSA) is 115 Å². The molecule has 0 spiro atoms. The Hall–Kier alpha value is -2.84. The zero-order valence-electron chi connectivity index (χ0n) is 14.0. The number of hydrogen-bond donors (Lipinski definition) is 4. The summed E-state index contributed by atoms with van der Waals surface area (Å²) in [6.07, 6.45) is 0. The summed E-state index contributed by atoms with van der Waals surface area (Å²) in [7, 11) is 0. The number of phenolic OH excluding ortho intramolecular Hbond substituents is 4. The second kappa shape index (κ2) is 7.65. The maximum Gasteiger partial charge on any atom is 0.196 e. The van der Waals surface area contributed by atoms with Gasteiger partial charge in [-0.15, -0.1) is 0 Å². The van der Waals surface area contributed by atoms with E-state index in [4.69, 9.17) is 0 Å². The first kappa shape index (κ1) is 19.9. The first-order chi connectivity index (χ1) is 13.2. The van der Waals surface area contributed by atoms with Gasteiger partial charge < -0.3 is 20.4 Å². The monoisotopic (exact) mass is 506 g/mol. The number of rotatable bonds is 4. The smallest absolute Gasteiger partial charge is 0.196 e. The van der Waals surface area contributed by atoms with Crippen LogP contribution in [0.15, 0.2) is 57.5 Å². The maximum absolute atomic E-state index is 12.6. The van der Waals surface area contributed by atoms with Gasteiger partial charge in [-0.05, 0) is 56.1 Å². The Balaban J connectivity index is 1.94. The lowest BCUT2D eigenvalue weighted by molar-refractivity contribution is 0.102. The van der Waals surface area contributed by atoms with Crippen molar-refractivity contribution < 1.29 is 30.0 Å². The molecule has 8 heteroatoms. The van der Waals surface area contributed by atoms with Gasteiger partial charge in [0.2, 0.25) is 0 Å².